The number of Topliss-reactive ketones (excluding diaryl/α,β-unsaturated/α-hetero) is 1. The Morgan fingerprint density at radius 3 is 2.52 bits per heavy atom. The molecule has 2 rings (SSSR count). The van der Waals surface area contributed by atoms with E-state index in [0.717, 1.165) is 5.56 Å². The van der Waals surface area contributed by atoms with E-state index in [1.54, 1.807) is 12.1 Å². The van der Waals surface area contributed by atoms with Gasteiger partial charge in [0.25, 0.3) is 0 Å². The van der Waals surface area contributed by atoms with Crippen LogP contribution in [-0.2, 0) is 0 Å². The van der Waals surface area contributed by atoms with Crippen LogP contribution in [0.1, 0.15) is 16.6 Å². The molecule has 102 valence electrons. The van der Waals surface area contributed by atoms with Gasteiger partial charge in [0.15, 0.2) is 10.9 Å². The monoisotopic (exact) mass is 294 g/mol. The van der Waals surface area contributed by atoms with Crippen LogP contribution in [0.3, 0.4) is 0 Å². The highest BCUT2D eigenvalue weighted by atomic mass is 32.1. The van der Waals surface area contributed by atoms with Gasteiger partial charge in [-0.15, -0.1) is 0 Å². The Hall–Kier alpha value is -2.96. The summed E-state index contributed by atoms with van der Waals surface area (Å²) < 4.78 is 0. The molecule has 0 bridgehead atoms. The second kappa shape index (κ2) is 6.47. The van der Waals surface area contributed by atoms with Gasteiger partial charge in [-0.25, -0.2) is 4.98 Å². The summed E-state index contributed by atoms with van der Waals surface area (Å²) in [4.78, 5) is 16.6. The fraction of sp³-hybridized carbons (Fsp3) is 0.0667. The Morgan fingerprint density at radius 2 is 1.95 bits per heavy atom. The molecule has 6 heteroatoms. The number of anilines is 1. The molecule has 0 aliphatic carbocycles. The fourth-order valence-corrected chi connectivity index (χ4v) is 2.49. The van der Waals surface area contributed by atoms with E-state index in [-0.39, 0.29) is 11.4 Å². The summed E-state index contributed by atoms with van der Waals surface area (Å²) in [5, 5.41) is 20.6. The van der Waals surface area contributed by atoms with Crippen molar-refractivity contribution in [2.45, 2.75) is 6.92 Å². The molecule has 0 radical (unpaired) electrons. The number of aromatic nitrogens is 1. The van der Waals surface area contributed by atoms with Gasteiger partial charge < -0.3 is 5.32 Å². The maximum atomic E-state index is 11.7. The van der Waals surface area contributed by atoms with Gasteiger partial charge in [-0.3, -0.25) is 4.79 Å². The van der Waals surface area contributed by atoms with E-state index in [9.17, 15) is 4.79 Å². The third-order valence-electron chi connectivity index (χ3n) is 2.58. The molecule has 1 aromatic carbocycles. The first-order valence-electron chi connectivity index (χ1n) is 5.99. The van der Waals surface area contributed by atoms with Gasteiger partial charge in [0, 0.05) is 18.7 Å². The molecule has 2 aromatic rings. The third kappa shape index (κ3) is 3.33. The number of nitriles is 2. The average Bonchev–Trinajstić information content (AvgIpc) is 2.94. The summed E-state index contributed by atoms with van der Waals surface area (Å²) in [5.74, 6) is -0.0795. The Morgan fingerprint density at radius 1 is 1.29 bits per heavy atom. The number of carbonyl (C=O) groups excluding carboxylic acids is 1. The zero-order valence-corrected chi connectivity index (χ0v) is 11.9. The molecule has 0 unspecified atom stereocenters. The Balaban J connectivity index is 2.40. The molecular weight excluding hydrogens is 284 g/mol. The average molecular weight is 294 g/mol. The molecular formula is C15H10N4OS. The number of hydrogen-bond donors (Lipinski definition) is 1. The third-order valence-corrected chi connectivity index (χ3v) is 3.66. The van der Waals surface area contributed by atoms with Crippen LogP contribution in [0.2, 0.25) is 0 Å². The van der Waals surface area contributed by atoms with Crippen molar-refractivity contribution in [3.05, 3.63) is 47.0 Å². The minimum absolute atomic E-state index is 0.0594. The fourth-order valence-electron chi connectivity index (χ4n) is 1.64. The van der Waals surface area contributed by atoms with Gasteiger partial charge in [-0.05, 0) is 0 Å². The highest BCUT2D eigenvalue weighted by Gasteiger charge is 2.16. The van der Waals surface area contributed by atoms with Gasteiger partial charge in [-0.2, -0.15) is 10.5 Å². The summed E-state index contributed by atoms with van der Waals surface area (Å²) in [6.07, 6.45) is 1.28. The Bertz CT molecular complexity index is 762. The number of nitrogens with one attached hydrogen (secondary N) is 1. The normalized spacial score (nSPS) is 9.29. The molecule has 21 heavy (non-hydrogen) atoms. The van der Waals surface area contributed by atoms with Crippen LogP contribution < -0.4 is 5.32 Å². The molecule has 1 aromatic heterocycles. The first-order chi connectivity index (χ1) is 10.2. The number of nitrogens with zero attached hydrogens (tertiary/aromatic N) is 3. The number of benzene rings is 1. The van der Waals surface area contributed by atoms with E-state index in [1.807, 2.05) is 30.3 Å². The predicted octanol–water partition coefficient (Wildman–Crippen LogP) is 3.36. The topological polar surface area (TPSA) is 89.6 Å². The van der Waals surface area contributed by atoms with E-state index in [0.29, 0.717) is 15.7 Å². The molecule has 0 saturated heterocycles. The van der Waals surface area contributed by atoms with Crippen LogP contribution in [0, 0.1) is 22.7 Å². The molecule has 0 amide bonds. The lowest BCUT2D eigenvalue weighted by Crippen LogP contribution is -1.91. The molecule has 0 spiro atoms. The van der Waals surface area contributed by atoms with Crippen molar-refractivity contribution < 1.29 is 4.79 Å². The summed E-state index contributed by atoms with van der Waals surface area (Å²) in [7, 11) is 0. The largest absolute Gasteiger partial charge is 0.336 e. The second-order valence-corrected chi connectivity index (χ2v) is 5.04. The number of thiazole rings is 1. The highest BCUT2D eigenvalue weighted by molar-refractivity contribution is 7.18. The minimum atomic E-state index is -0.0795. The molecule has 0 aliphatic heterocycles. The molecule has 1 heterocycles. The molecule has 1 N–H and O–H groups in total. The van der Waals surface area contributed by atoms with E-state index in [2.05, 4.69) is 10.3 Å². The van der Waals surface area contributed by atoms with E-state index < -0.39 is 0 Å². The van der Waals surface area contributed by atoms with Gasteiger partial charge in [0.1, 0.15) is 17.7 Å². The van der Waals surface area contributed by atoms with Crippen molar-refractivity contribution in [1.29, 1.82) is 10.5 Å². The first kappa shape index (κ1) is 14.4. The van der Waals surface area contributed by atoms with Crippen LogP contribution in [-0.4, -0.2) is 10.8 Å². The summed E-state index contributed by atoms with van der Waals surface area (Å²) in [6.45, 7) is 1.48. The van der Waals surface area contributed by atoms with Gasteiger partial charge in [-0.1, -0.05) is 41.7 Å². The van der Waals surface area contributed by atoms with Crippen LogP contribution in [0.15, 0.2) is 42.1 Å². The number of ketones is 1. The molecule has 5 nitrogen and oxygen atoms in total. The predicted molar refractivity (Wildman–Crippen MR) is 80.5 cm³/mol. The van der Waals surface area contributed by atoms with E-state index in [1.165, 1.54) is 24.5 Å². The van der Waals surface area contributed by atoms with Gasteiger partial charge in [0.05, 0.1) is 10.6 Å². The molecule has 0 aliphatic rings. The van der Waals surface area contributed by atoms with E-state index in [4.69, 9.17) is 10.5 Å². The zero-order chi connectivity index (χ0) is 15.2. The molecule has 0 atom stereocenters. The lowest BCUT2D eigenvalue weighted by Gasteiger charge is -1.98. The smallest absolute Gasteiger partial charge is 0.188 e. The minimum Gasteiger partial charge on any atom is -0.336 e. The standard InChI is InChI=1S/C15H10N4OS/c1-10(20)14-13(12-5-3-2-4-6-12)19-15(21-14)18-9-11(7-16)8-17/h2-6,9H,1H3,(H,18,19). The van der Waals surface area contributed by atoms with Crippen LogP contribution in [0.25, 0.3) is 11.3 Å². The lowest BCUT2D eigenvalue weighted by molar-refractivity contribution is 0.102. The van der Waals surface area contributed by atoms with Crippen molar-refractivity contribution in [2.75, 3.05) is 5.32 Å². The number of hydrogen-bond acceptors (Lipinski definition) is 6. The maximum absolute atomic E-state index is 11.7. The molecule has 0 fully saturated rings. The summed E-state index contributed by atoms with van der Waals surface area (Å²) in [5.41, 5.74) is 1.38. The number of allylic oxidation sites excluding steroid dienone is 1. The second-order valence-electron chi connectivity index (χ2n) is 4.04. The van der Waals surface area contributed by atoms with Crippen molar-refractivity contribution in [1.82, 2.24) is 4.98 Å². The van der Waals surface area contributed by atoms with Gasteiger partial charge >= 0.3 is 0 Å². The maximum Gasteiger partial charge on any atom is 0.188 e. The quantitative estimate of drug-likeness (QED) is 0.689. The SMILES string of the molecule is CC(=O)c1sc(NC=C(C#N)C#N)nc1-c1ccccc1. The van der Waals surface area contributed by atoms with Crippen LogP contribution >= 0.6 is 11.3 Å². The Labute approximate surface area is 125 Å². The van der Waals surface area contributed by atoms with Crippen molar-refractivity contribution in [3.63, 3.8) is 0 Å². The summed E-state index contributed by atoms with van der Waals surface area (Å²) in [6, 6.07) is 12.9. The van der Waals surface area contributed by atoms with E-state index >= 15 is 0 Å². The first-order valence-corrected chi connectivity index (χ1v) is 6.81. The summed E-state index contributed by atoms with van der Waals surface area (Å²) >= 11 is 1.19. The Kier molecular flexibility index (Phi) is 4.45. The highest BCUT2D eigenvalue weighted by Crippen LogP contribution is 2.31. The molecule has 0 saturated carbocycles. The zero-order valence-electron chi connectivity index (χ0n) is 11.1. The number of carbonyl (C=O) groups is 1. The van der Waals surface area contributed by atoms with Gasteiger partial charge in [0.2, 0.25) is 0 Å². The van der Waals surface area contributed by atoms with Crippen molar-refractivity contribution >= 4 is 22.3 Å². The van der Waals surface area contributed by atoms with Crippen molar-refractivity contribution in [2.24, 2.45) is 0 Å². The van der Waals surface area contributed by atoms with Crippen molar-refractivity contribution in [3.8, 4) is 23.4 Å². The van der Waals surface area contributed by atoms with Crippen LogP contribution in [0.5, 0.6) is 0 Å². The number of rotatable bonds is 4. The lowest BCUT2D eigenvalue weighted by atomic mass is 10.1. The van der Waals surface area contributed by atoms with Crippen LogP contribution in [0.4, 0.5) is 5.13 Å².